The zero-order valence-electron chi connectivity index (χ0n) is 17.4. The zero-order chi connectivity index (χ0) is 24.3. The van der Waals surface area contributed by atoms with Crippen molar-refractivity contribution in [2.75, 3.05) is 13.2 Å². The first-order chi connectivity index (χ1) is 15.7. The van der Waals surface area contributed by atoms with Crippen LogP contribution < -0.4 is 0 Å². The van der Waals surface area contributed by atoms with Gasteiger partial charge in [0.1, 0.15) is 23.2 Å². The molecule has 1 aliphatic heterocycles. The van der Waals surface area contributed by atoms with Crippen LogP contribution in [-0.2, 0) is 9.59 Å². The Hall–Kier alpha value is -4.49. The molecule has 0 fully saturated rings. The van der Waals surface area contributed by atoms with Crippen LogP contribution in [0.1, 0.15) is 39.8 Å². The Morgan fingerprint density at radius 3 is 2.27 bits per heavy atom. The van der Waals surface area contributed by atoms with Gasteiger partial charge >= 0.3 is 11.9 Å². The van der Waals surface area contributed by atoms with Crippen LogP contribution in [0.4, 0.5) is 0 Å². The Morgan fingerprint density at radius 1 is 1.09 bits per heavy atom. The predicted octanol–water partition coefficient (Wildman–Crippen LogP) is 2.32. The fraction of sp³-hybridized carbons (Fsp3) is 0.174. The van der Waals surface area contributed by atoms with Gasteiger partial charge in [-0.2, -0.15) is 5.26 Å². The van der Waals surface area contributed by atoms with E-state index in [2.05, 4.69) is 0 Å². The van der Waals surface area contributed by atoms with Crippen molar-refractivity contribution >= 4 is 29.8 Å². The third-order valence-corrected chi connectivity index (χ3v) is 4.99. The van der Waals surface area contributed by atoms with E-state index < -0.39 is 23.8 Å². The molecule has 0 bridgehead atoms. The summed E-state index contributed by atoms with van der Waals surface area (Å²) in [5.74, 6) is -3.68. The first-order valence-electron chi connectivity index (χ1n) is 9.70. The highest BCUT2D eigenvalue weighted by Gasteiger charge is 2.35. The molecule has 10 nitrogen and oxygen atoms in total. The molecule has 2 heterocycles. The molecule has 0 atom stereocenters. The van der Waals surface area contributed by atoms with Crippen LogP contribution in [0.3, 0.4) is 0 Å². The Bertz CT molecular complexity index is 1240. The topological polar surface area (TPSA) is 169 Å². The second-order valence-corrected chi connectivity index (χ2v) is 7.12. The van der Waals surface area contributed by atoms with Gasteiger partial charge in [-0.15, -0.1) is 0 Å². The lowest BCUT2D eigenvalue weighted by Gasteiger charge is -2.27. The van der Waals surface area contributed by atoms with E-state index in [1.807, 2.05) is 0 Å². The van der Waals surface area contributed by atoms with E-state index in [0.29, 0.717) is 0 Å². The Balaban J connectivity index is 2.05. The lowest BCUT2D eigenvalue weighted by molar-refractivity contribution is -0.140. The largest absolute Gasteiger partial charge is 0.478 e. The summed E-state index contributed by atoms with van der Waals surface area (Å²) in [7, 11) is 0. The van der Waals surface area contributed by atoms with Crippen LogP contribution in [0.2, 0.25) is 0 Å². The second kappa shape index (κ2) is 9.33. The maximum atomic E-state index is 12.9. The minimum Gasteiger partial charge on any atom is -0.478 e. The van der Waals surface area contributed by atoms with Crippen LogP contribution in [0.25, 0.3) is 17.4 Å². The number of carboxylic acids is 2. The third kappa shape index (κ3) is 4.58. The number of hydrogen-bond donors (Lipinski definition) is 3. The molecule has 3 N–H and O–H groups in total. The second-order valence-electron chi connectivity index (χ2n) is 7.12. The van der Waals surface area contributed by atoms with Gasteiger partial charge < -0.3 is 19.7 Å². The van der Waals surface area contributed by atoms with E-state index >= 15 is 0 Å². The first-order valence-corrected chi connectivity index (χ1v) is 9.70. The van der Waals surface area contributed by atoms with E-state index in [9.17, 15) is 34.7 Å². The monoisotopic (exact) mass is 450 g/mol. The van der Waals surface area contributed by atoms with Crippen LogP contribution in [0, 0.1) is 11.3 Å². The molecular weight excluding hydrogens is 432 g/mol. The molecule has 0 saturated heterocycles. The van der Waals surface area contributed by atoms with Gasteiger partial charge in [-0.3, -0.25) is 14.5 Å². The molecule has 1 aliphatic rings. The number of nitriles is 1. The van der Waals surface area contributed by atoms with Crippen molar-refractivity contribution in [1.82, 2.24) is 4.90 Å². The molecule has 33 heavy (non-hydrogen) atoms. The van der Waals surface area contributed by atoms with E-state index in [1.54, 1.807) is 6.07 Å². The minimum atomic E-state index is -1.31. The molecular formula is C23H18N2O8. The number of nitrogens with zero attached hydrogens (tertiary/aromatic N) is 2. The van der Waals surface area contributed by atoms with Gasteiger partial charge in [0.05, 0.1) is 11.1 Å². The molecule has 3 rings (SSSR count). The van der Waals surface area contributed by atoms with Crippen molar-refractivity contribution in [3.05, 3.63) is 63.9 Å². The highest BCUT2D eigenvalue weighted by atomic mass is 16.4. The number of rotatable bonds is 7. The molecule has 1 aromatic carbocycles. The highest BCUT2D eigenvalue weighted by Crippen LogP contribution is 2.30. The van der Waals surface area contributed by atoms with Crippen LogP contribution in [0.15, 0.2) is 51.5 Å². The average Bonchev–Trinajstić information content (AvgIpc) is 3.25. The summed E-state index contributed by atoms with van der Waals surface area (Å²) in [6.07, 6.45) is 1.50. The summed E-state index contributed by atoms with van der Waals surface area (Å²) >= 11 is 0. The molecule has 0 unspecified atom stereocenters. The van der Waals surface area contributed by atoms with Crippen molar-refractivity contribution in [2.24, 2.45) is 0 Å². The summed E-state index contributed by atoms with van der Waals surface area (Å²) in [4.78, 5) is 48.9. The number of aliphatic hydroxyl groups excluding tert-OH is 1. The lowest BCUT2D eigenvalue weighted by Crippen LogP contribution is -2.43. The number of imide groups is 1. The first kappa shape index (κ1) is 23.2. The van der Waals surface area contributed by atoms with Crippen LogP contribution >= 0.6 is 0 Å². The van der Waals surface area contributed by atoms with Crippen molar-refractivity contribution in [1.29, 1.82) is 5.26 Å². The number of carboxylic acid groups (broad SMARTS) is 2. The lowest BCUT2D eigenvalue weighted by atomic mass is 9.94. The molecule has 0 spiro atoms. The summed E-state index contributed by atoms with van der Waals surface area (Å²) < 4.78 is 5.69. The molecule has 10 heteroatoms. The van der Waals surface area contributed by atoms with Gasteiger partial charge in [0.15, 0.2) is 0 Å². The predicted molar refractivity (Wildman–Crippen MR) is 113 cm³/mol. The zero-order valence-corrected chi connectivity index (χ0v) is 17.4. The number of hydrogen-bond acceptors (Lipinski definition) is 7. The summed E-state index contributed by atoms with van der Waals surface area (Å²) in [6, 6.07) is 8.30. The highest BCUT2D eigenvalue weighted by molar-refractivity contribution is 6.19. The van der Waals surface area contributed by atoms with E-state index in [-0.39, 0.29) is 64.5 Å². The van der Waals surface area contributed by atoms with E-state index in [4.69, 9.17) is 9.52 Å². The standard InChI is InChI=1S/C23H18N2O8/c1-12-17(20(27)25(5-2-6-26)21(28)18(12)11-24)10-16-3-4-19(33-16)13-7-14(22(29)30)9-15(8-13)23(31)32/h3-4,7-10,26H,2,5-6H2,1H3,(H,29,30)(H,31,32)/b17-10+. The van der Waals surface area contributed by atoms with Crippen molar-refractivity contribution in [3.63, 3.8) is 0 Å². The van der Waals surface area contributed by atoms with Crippen molar-refractivity contribution in [3.8, 4) is 17.4 Å². The fourth-order valence-corrected chi connectivity index (χ4v) is 3.31. The Kier molecular flexibility index (Phi) is 6.56. The molecule has 2 amide bonds. The molecule has 1 aromatic heterocycles. The number of amides is 2. The fourth-order valence-electron chi connectivity index (χ4n) is 3.31. The van der Waals surface area contributed by atoms with Gasteiger partial charge in [-0.1, -0.05) is 0 Å². The van der Waals surface area contributed by atoms with Gasteiger partial charge in [-0.05, 0) is 55.3 Å². The van der Waals surface area contributed by atoms with E-state index in [1.165, 1.54) is 37.3 Å². The number of carbonyl (C=O) groups is 4. The average molecular weight is 450 g/mol. The van der Waals surface area contributed by atoms with Crippen molar-refractivity contribution in [2.45, 2.75) is 13.3 Å². The summed E-state index contributed by atoms with van der Waals surface area (Å²) in [6.45, 7) is 1.16. The Labute approximate surface area is 187 Å². The van der Waals surface area contributed by atoms with E-state index in [0.717, 1.165) is 11.0 Å². The van der Waals surface area contributed by atoms with Gasteiger partial charge in [0.2, 0.25) is 0 Å². The molecule has 2 aromatic rings. The summed E-state index contributed by atoms with van der Waals surface area (Å²) in [5, 5.41) is 36.9. The van der Waals surface area contributed by atoms with Gasteiger partial charge in [-0.25, -0.2) is 9.59 Å². The van der Waals surface area contributed by atoms with Crippen LogP contribution in [0.5, 0.6) is 0 Å². The smallest absolute Gasteiger partial charge is 0.335 e. The maximum absolute atomic E-state index is 12.9. The number of carbonyl (C=O) groups excluding carboxylic acids is 2. The quantitative estimate of drug-likeness (QED) is 0.423. The van der Waals surface area contributed by atoms with Crippen molar-refractivity contribution < 1.29 is 38.9 Å². The number of furan rings is 1. The third-order valence-electron chi connectivity index (χ3n) is 4.99. The molecule has 0 saturated carbocycles. The molecule has 0 aliphatic carbocycles. The minimum absolute atomic E-state index is 0.0514. The maximum Gasteiger partial charge on any atom is 0.335 e. The van der Waals surface area contributed by atoms with Crippen LogP contribution in [-0.4, -0.2) is 57.1 Å². The molecule has 0 radical (unpaired) electrons. The summed E-state index contributed by atoms with van der Waals surface area (Å²) in [5.41, 5.74) is -0.247. The normalized spacial score (nSPS) is 15.2. The Morgan fingerprint density at radius 2 is 1.73 bits per heavy atom. The molecule has 168 valence electrons. The SMILES string of the molecule is CC1=C(C#N)C(=O)N(CCCO)C(=O)/C1=C/c1ccc(-c2cc(C(=O)O)cc(C(=O)O)c2)o1. The number of benzene rings is 1. The number of aromatic carboxylic acids is 2. The van der Waals surface area contributed by atoms with Gasteiger partial charge in [0, 0.05) is 24.3 Å². The number of aliphatic hydroxyl groups is 1. The van der Waals surface area contributed by atoms with Gasteiger partial charge in [0.25, 0.3) is 11.8 Å².